The highest BCUT2D eigenvalue weighted by atomic mass is 16.5. The minimum absolute atomic E-state index is 0.00908. The van der Waals surface area contributed by atoms with Gasteiger partial charge in [-0.3, -0.25) is 4.57 Å². The molecule has 1 aliphatic heterocycles. The van der Waals surface area contributed by atoms with Gasteiger partial charge in [0, 0.05) is 41.0 Å². The molecule has 4 heterocycles. The van der Waals surface area contributed by atoms with Gasteiger partial charge in [-0.1, -0.05) is 119 Å². The average molecular weight is 860 g/mol. The van der Waals surface area contributed by atoms with E-state index in [1.807, 2.05) is 24.5 Å². The molecule has 6 heteroatoms. The Balaban J connectivity index is 1.11. The highest BCUT2D eigenvalue weighted by Crippen LogP contribution is 2.51. The lowest BCUT2D eigenvalue weighted by Gasteiger charge is -2.36. The van der Waals surface area contributed by atoms with E-state index in [0.717, 1.165) is 50.9 Å². The number of anilines is 4. The quantitative estimate of drug-likeness (QED) is 0.167. The maximum absolute atomic E-state index is 6.79. The summed E-state index contributed by atoms with van der Waals surface area (Å²) in [4.78, 5) is 14.8. The lowest BCUT2D eigenvalue weighted by Crippen LogP contribution is -2.30. The van der Waals surface area contributed by atoms with Crippen LogP contribution in [-0.2, 0) is 21.7 Å². The highest BCUT2D eigenvalue weighted by molar-refractivity contribution is 6.09. The lowest BCUT2D eigenvalue weighted by molar-refractivity contribution is 0.483. The van der Waals surface area contributed by atoms with Crippen molar-refractivity contribution < 1.29 is 4.74 Å². The monoisotopic (exact) mass is 860 g/mol. The van der Waals surface area contributed by atoms with Gasteiger partial charge in [0.1, 0.15) is 24.0 Å². The van der Waals surface area contributed by atoms with Gasteiger partial charge in [-0.25, -0.2) is 9.97 Å². The summed E-state index contributed by atoms with van der Waals surface area (Å²) in [5, 5.41) is 2.34. The molecule has 0 unspecified atom stereocenters. The van der Waals surface area contributed by atoms with Crippen molar-refractivity contribution >= 4 is 44.7 Å². The van der Waals surface area contributed by atoms with Crippen LogP contribution in [0.25, 0.3) is 38.8 Å². The molecule has 3 aromatic heterocycles. The van der Waals surface area contributed by atoms with Crippen LogP contribution in [-0.4, -0.2) is 21.2 Å². The number of aryl methyl sites for hydroxylation is 2. The second-order valence-electron chi connectivity index (χ2n) is 22.3. The molecule has 332 valence electrons. The zero-order valence-corrected chi connectivity index (χ0v) is 41.0. The van der Waals surface area contributed by atoms with Gasteiger partial charge in [-0.2, -0.15) is 0 Å². The van der Waals surface area contributed by atoms with E-state index in [9.17, 15) is 0 Å². The molecule has 0 amide bonds. The first-order chi connectivity index (χ1) is 30.6. The number of hydrogen-bond acceptors (Lipinski definition) is 5. The number of nitrogens with zero attached hydrogens (tertiary/aromatic N) is 5. The van der Waals surface area contributed by atoms with Crippen molar-refractivity contribution in [2.75, 3.05) is 16.5 Å². The van der Waals surface area contributed by atoms with Gasteiger partial charge in [-0.05, 0) is 147 Å². The van der Waals surface area contributed by atoms with Crippen molar-refractivity contribution in [2.45, 2.75) is 119 Å². The largest absolute Gasteiger partial charge is 0.457 e. The fourth-order valence-electron chi connectivity index (χ4n) is 9.67. The number of rotatable bonds is 6. The third kappa shape index (κ3) is 8.06. The van der Waals surface area contributed by atoms with Crippen molar-refractivity contribution in [2.24, 2.45) is 0 Å². The first-order valence-electron chi connectivity index (χ1n) is 23.2. The molecule has 0 atom stereocenters. The third-order valence-corrected chi connectivity index (χ3v) is 13.1. The number of aromatic nitrogens is 3. The van der Waals surface area contributed by atoms with Gasteiger partial charge in [0.15, 0.2) is 5.82 Å². The van der Waals surface area contributed by atoms with E-state index in [4.69, 9.17) is 14.7 Å². The van der Waals surface area contributed by atoms with Gasteiger partial charge in [0.05, 0.1) is 22.4 Å². The van der Waals surface area contributed by atoms with Gasteiger partial charge in [0.25, 0.3) is 0 Å². The second kappa shape index (κ2) is 15.6. The summed E-state index contributed by atoms with van der Waals surface area (Å²) < 4.78 is 9.05. The molecule has 0 radical (unpaired) electrons. The van der Waals surface area contributed by atoms with Crippen molar-refractivity contribution in [3.63, 3.8) is 0 Å². The zero-order chi connectivity index (χ0) is 46.4. The first kappa shape index (κ1) is 43.8. The molecule has 5 aromatic carbocycles. The highest BCUT2D eigenvalue weighted by Gasteiger charge is 2.37. The smallest absolute Gasteiger partial charge is 0.158 e. The van der Waals surface area contributed by atoms with Gasteiger partial charge >= 0.3 is 0 Å². The van der Waals surface area contributed by atoms with Gasteiger partial charge < -0.3 is 14.5 Å². The summed E-state index contributed by atoms with van der Waals surface area (Å²) in [5.74, 6) is 3.37. The fraction of sp³-hybridized carbons (Fsp3) is 0.322. The van der Waals surface area contributed by atoms with Crippen LogP contribution in [0.5, 0.6) is 11.5 Å². The summed E-state index contributed by atoms with van der Waals surface area (Å²) in [5.41, 5.74) is 15.7. The molecule has 0 aliphatic carbocycles. The molecule has 65 heavy (non-hydrogen) atoms. The number of ether oxygens (including phenoxy) is 1. The zero-order valence-electron chi connectivity index (χ0n) is 41.0. The molecule has 0 saturated heterocycles. The summed E-state index contributed by atoms with van der Waals surface area (Å²) >= 11 is 0. The van der Waals surface area contributed by atoms with Crippen LogP contribution < -0.4 is 14.5 Å². The Hall–Kier alpha value is -6.40. The van der Waals surface area contributed by atoms with Crippen LogP contribution in [0.15, 0.2) is 128 Å². The number of fused-ring (bicyclic) bond motifs is 4. The summed E-state index contributed by atoms with van der Waals surface area (Å²) in [7, 11) is 0. The minimum Gasteiger partial charge on any atom is -0.457 e. The van der Waals surface area contributed by atoms with Crippen LogP contribution in [0.2, 0.25) is 0 Å². The van der Waals surface area contributed by atoms with Crippen LogP contribution >= 0.6 is 0 Å². The van der Waals surface area contributed by atoms with E-state index in [-0.39, 0.29) is 21.7 Å². The van der Waals surface area contributed by atoms with Crippen LogP contribution in [0.4, 0.5) is 22.9 Å². The van der Waals surface area contributed by atoms with Crippen LogP contribution in [0, 0.1) is 13.8 Å². The maximum Gasteiger partial charge on any atom is 0.158 e. The summed E-state index contributed by atoms with van der Waals surface area (Å²) in [6.45, 7) is 32.8. The fourth-order valence-corrected chi connectivity index (χ4v) is 9.67. The minimum atomic E-state index is -0.160. The molecule has 0 fully saturated rings. The molecular formula is C59H65N5O. The van der Waals surface area contributed by atoms with E-state index in [0.29, 0.717) is 6.67 Å². The summed E-state index contributed by atoms with van der Waals surface area (Å²) in [6, 6.07) is 41.7. The third-order valence-electron chi connectivity index (χ3n) is 13.1. The average Bonchev–Trinajstić information content (AvgIpc) is 3.78. The Kier molecular flexibility index (Phi) is 10.6. The van der Waals surface area contributed by atoms with Crippen molar-refractivity contribution in [1.29, 1.82) is 0 Å². The second-order valence-corrected chi connectivity index (χ2v) is 22.3. The molecule has 8 aromatic rings. The van der Waals surface area contributed by atoms with Crippen molar-refractivity contribution in [1.82, 2.24) is 14.5 Å². The SMILES string of the molecule is Cc1cc(C(C)(C)C)cc(C)c1-c1cc(C(C)(C)C)c(N2CN(c3cccc(Oc4ccc5c6ccccc6n(-c6cc(C(C)(C)C)ccn6)c5c4)c3)c3cccnc32)c(C(C)(C)C)c1. The molecule has 6 nitrogen and oxygen atoms in total. The molecule has 0 saturated carbocycles. The molecule has 0 bridgehead atoms. The number of pyridine rings is 2. The Morgan fingerprint density at radius 3 is 1.82 bits per heavy atom. The van der Waals surface area contributed by atoms with E-state index >= 15 is 0 Å². The van der Waals surface area contributed by atoms with Gasteiger partial charge in [0.2, 0.25) is 0 Å². The standard InChI is InChI=1S/C59H65N5O/c1-37-29-41(57(6,7)8)30-38(2)53(37)39-31-47(58(9,10)11)54(48(32-39)59(12,13)14)63-36-62(50-23-18-27-61-55(50)63)42-19-17-20-43(34-42)65-44-24-25-46-45-21-15-16-22-49(45)64(51(46)35-44)52-33-40(26-28-60-52)56(3,4)5/h15-35H,36H2,1-14H3. The Morgan fingerprint density at radius 1 is 0.508 bits per heavy atom. The Bertz CT molecular complexity index is 3070. The topological polar surface area (TPSA) is 46.4 Å². The Morgan fingerprint density at radius 2 is 1.15 bits per heavy atom. The van der Waals surface area contributed by atoms with E-state index in [1.54, 1.807) is 0 Å². The van der Waals surface area contributed by atoms with Gasteiger partial charge in [-0.15, -0.1) is 0 Å². The summed E-state index contributed by atoms with van der Waals surface area (Å²) in [6.07, 6.45) is 3.84. The number of para-hydroxylation sites is 1. The number of benzene rings is 5. The molecule has 1 aliphatic rings. The van der Waals surface area contributed by atoms with Crippen molar-refractivity contribution in [3.8, 4) is 28.4 Å². The van der Waals surface area contributed by atoms with E-state index in [2.05, 4.69) is 214 Å². The first-order valence-corrected chi connectivity index (χ1v) is 23.2. The molecular weight excluding hydrogens is 795 g/mol. The van der Waals surface area contributed by atoms with Crippen LogP contribution in [0.3, 0.4) is 0 Å². The van der Waals surface area contributed by atoms with Crippen LogP contribution in [0.1, 0.15) is 116 Å². The molecule has 9 rings (SSSR count). The van der Waals surface area contributed by atoms with E-state index in [1.165, 1.54) is 55.6 Å². The molecule has 0 N–H and O–H groups in total. The predicted molar refractivity (Wildman–Crippen MR) is 275 cm³/mol. The van der Waals surface area contributed by atoms with E-state index < -0.39 is 0 Å². The Labute approximate surface area is 386 Å². The number of hydrogen-bond donors (Lipinski definition) is 0. The van der Waals surface area contributed by atoms with Crippen molar-refractivity contribution in [3.05, 3.63) is 161 Å². The maximum atomic E-state index is 6.79. The molecule has 0 spiro atoms. The lowest BCUT2D eigenvalue weighted by atomic mass is 9.75. The predicted octanol–water partition coefficient (Wildman–Crippen LogP) is 16.1. The normalized spacial score (nSPS) is 13.6.